The van der Waals surface area contributed by atoms with Crippen LogP contribution in [0.25, 0.3) is 71.7 Å². The van der Waals surface area contributed by atoms with E-state index in [9.17, 15) is 0 Å². The maximum absolute atomic E-state index is 2.45. The van der Waals surface area contributed by atoms with Crippen molar-refractivity contribution in [3.05, 3.63) is 253 Å². The van der Waals surface area contributed by atoms with Crippen molar-refractivity contribution in [2.75, 3.05) is 4.90 Å². The number of hydrogen-bond donors (Lipinski definition) is 0. The number of benzene rings is 9. The molecular weight excluding hydrogens is 749 g/mol. The molecule has 0 radical (unpaired) electrons. The first-order valence-electron chi connectivity index (χ1n) is 21.7. The molecule has 2 heteroatoms. The molecule has 0 aliphatic heterocycles. The van der Waals surface area contributed by atoms with E-state index in [-0.39, 0.29) is 0 Å². The number of aromatic nitrogens is 1. The van der Waals surface area contributed by atoms with E-state index in [1.165, 1.54) is 93.9 Å². The highest BCUT2D eigenvalue weighted by Gasteiger charge is 2.29. The SMILES string of the molecule is C1=CCCC(/C(=C2\c3ccccc3-c3ccc(N(c4ccc(-c5ccc6c(c5)c5ccccc5n6-c5ccccc5)cc4)c4cccc5ccccc45)cc32)c2ccccc2)=C1. The average molecular weight is 791 g/mol. The second-order valence-corrected chi connectivity index (χ2v) is 16.4. The summed E-state index contributed by atoms with van der Waals surface area (Å²) in [6.45, 7) is 0. The molecule has 2 aliphatic rings. The quantitative estimate of drug-likeness (QED) is 0.156. The van der Waals surface area contributed by atoms with Crippen molar-refractivity contribution in [3.8, 4) is 27.9 Å². The normalized spacial score (nSPS) is 13.9. The Bertz CT molecular complexity index is 3430. The Kier molecular flexibility index (Phi) is 8.67. The van der Waals surface area contributed by atoms with Crippen molar-refractivity contribution >= 4 is 60.8 Å². The van der Waals surface area contributed by atoms with E-state index in [0.717, 1.165) is 29.9 Å². The topological polar surface area (TPSA) is 8.17 Å². The Labute approximate surface area is 362 Å². The molecule has 12 rings (SSSR count). The molecule has 10 aromatic rings. The third-order valence-electron chi connectivity index (χ3n) is 12.8. The standard InChI is InChI=1S/C60H42N2/c1-4-18-43(19-5-1)59(44-20-6-2-7-21-44)60-53-28-13-12-26-50(53)51-37-36-48(40-55(51)60)61(56-30-16-22-42-17-10-11-25-49(42)56)47-34-31-41(32-35-47)45-33-38-58-54(39-45)52-27-14-15-29-57(52)62(58)46-23-8-3-9-24-46/h1-6,8-20,22-40H,7,21H2/b60-59+. The van der Waals surface area contributed by atoms with E-state index in [1.54, 1.807) is 0 Å². The third-order valence-corrected chi connectivity index (χ3v) is 12.8. The Morgan fingerprint density at radius 1 is 0.452 bits per heavy atom. The molecule has 0 saturated carbocycles. The molecule has 0 saturated heterocycles. The Morgan fingerprint density at radius 3 is 1.94 bits per heavy atom. The van der Waals surface area contributed by atoms with E-state index in [4.69, 9.17) is 0 Å². The Balaban J connectivity index is 1.03. The minimum Gasteiger partial charge on any atom is -0.310 e. The second kappa shape index (κ2) is 15.0. The number of para-hydroxylation sites is 2. The summed E-state index contributed by atoms with van der Waals surface area (Å²) in [6.07, 6.45) is 8.89. The molecule has 9 aromatic carbocycles. The number of fused-ring (bicyclic) bond motifs is 7. The maximum Gasteiger partial charge on any atom is 0.0541 e. The van der Waals surface area contributed by atoms with E-state index in [1.807, 2.05) is 0 Å². The summed E-state index contributed by atoms with van der Waals surface area (Å²) in [6, 6.07) is 78.0. The van der Waals surface area contributed by atoms with Crippen molar-refractivity contribution in [3.63, 3.8) is 0 Å². The second-order valence-electron chi connectivity index (χ2n) is 16.4. The fourth-order valence-corrected chi connectivity index (χ4v) is 10.0. The number of rotatable bonds is 7. The van der Waals surface area contributed by atoms with E-state index < -0.39 is 0 Å². The lowest BCUT2D eigenvalue weighted by Crippen LogP contribution is -2.11. The Morgan fingerprint density at radius 2 is 1.11 bits per heavy atom. The zero-order chi connectivity index (χ0) is 41.0. The summed E-state index contributed by atoms with van der Waals surface area (Å²) >= 11 is 0. The summed E-state index contributed by atoms with van der Waals surface area (Å²) in [5.74, 6) is 0. The third kappa shape index (κ3) is 5.95. The van der Waals surface area contributed by atoms with E-state index in [2.05, 4.69) is 240 Å². The van der Waals surface area contributed by atoms with Gasteiger partial charge in [0.2, 0.25) is 0 Å². The lowest BCUT2D eigenvalue weighted by molar-refractivity contribution is 0.996. The summed E-state index contributed by atoms with van der Waals surface area (Å²) in [5.41, 5.74) is 19.7. The van der Waals surface area contributed by atoms with Gasteiger partial charge in [-0.2, -0.15) is 0 Å². The van der Waals surface area contributed by atoms with Gasteiger partial charge in [0.25, 0.3) is 0 Å². The van der Waals surface area contributed by atoms with E-state index in [0.29, 0.717) is 0 Å². The van der Waals surface area contributed by atoms with E-state index >= 15 is 0 Å². The van der Waals surface area contributed by atoms with Crippen LogP contribution >= 0.6 is 0 Å². The number of nitrogens with zero attached hydrogens (tertiary/aromatic N) is 2. The van der Waals surface area contributed by atoms with Crippen LogP contribution in [0.5, 0.6) is 0 Å². The molecule has 1 heterocycles. The van der Waals surface area contributed by atoms with Crippen molar-refractivity contribution < 1.29 is 0 Å². The summed E-state index contributed by atoms with van der Waals surface area (Å²) < 4.78 is 2.38. The lowest BCUT2D eigenvalue weighted by atomic mass is 9.85. The van der Waals surface area contributed by atoms with Gasteiger partial charge in [0.05, 0.1) is 16.7 Å². The molecule has 0 N–H and O–H groups in total. The van der Waals surface area contributed by atoms with Crippen LogP contribution in [0, 0.1) is 0 Å². The predicted octanol–water partition coefficient (Wildman–Crippen LogP) is 16.3. The van der Waals surface area contributed by atoms with Crippen LogP contribution in [0.15, 0.2) is 236 Å². The van der Waals surface area contributed by atoms with Crippen LogP contribution in [0.4, 0.5) is 17.1 Å². The van der Waals surface area contributed by atoms with Gasteiger partial charge >= 0.3 is 0 Å². The molecule has 0 unspecified atom stereocenters. The van der Waals surface area contributed by atoms with Crippen molar-refractivity contribution in [1.82, 2.24) is 4.57 Å². The van der Waals surface area contributed by atoms with Gasteiger partial charge in [-0.25, -0.2) is 0 Å². The lowest BCUT2D eigenvalue weighted by Gasteiger charge is -2.28. The van der Waals surface area contributed by atoms with Crippen LogP contribution in [-0.2, 0) is 0 Å². The molecular formula is C60H42N2. The van der Waals surface area contributed by atoms with Gasteiger partial charge in [0.15, 0.2) is 0 Å². The minimum atomic E-state index is 1.01. The number of hydrogen-bond acceptors (Lipinski definition) is 1. The molecule has 2 nitrogen and oxygen atoms in total. The average Bonchev–Trinajstić information content (AvgIpc) is 3.85. The zero-order valence-corrected chi connectivity index (χ0v) is 34.2. The van der Waals surface area contributed by atoms with Gasteiger partial charge in [-0.3, -0.25) is 0 Å². The minimum absolute atomic E-state index is 1.01. The first kappa shape index (κ1) is 36.0. The highest BCUT2D eigenvalue weighted by Crippen LogP contribution is 2.52. The molecule has 2 aliphatic carbocycles. The molecule has 0 amide bonds. The summed E-state index contributed by atoms with van der Waals surface area (Å²) in [7, 11) is 0. The van der Waals surface area contributed by atoms with Crippen molar-refractivity contribution in [2.24, 2.45) is 0 Å². The number of anilines is 3. The maximum atomic E-state index is 2.45. The molecule has 0 bridgehead atoms. The highest BCUT2D eigenvalue weighted by atomic mass is 15.1. The molecule has 292 valence electrons. The van der Waals surface area contributed by atoms with Crippen LogP contribution in [0.1, 0.15) is 29.5 Å². The molecule has 0 spiro atoms. The van der Waals surface area contributed by atoms with Crippen LogP contribution in [0.2, 0.25) is 0 Å². The first-order valence-corrected chi connectivity index (χ1v) is 21.7. The van der Waals surface area contributed by atoms with Crippen molar-refractivity contribution in [2.45, 2.75) is 12.8 Å². The molecule has 0 fully saturated rings. The fraction of sp³-hybridized carbons (Fsp3) is 0.0333. The fourth-order valence-electron chi connectivity index (χ4n) is 10.0. The number of allylic oxidation sites excluding steroid dienone is 5. The van der Waals surface area contributed by atoms with Crippen LogP contribution in [0.3, 0.4) is 0 Å². The van der Waals surface area contributed by atoms with Gasteiger partial charge in [-0.05, 0) is 135 Å². The summed E-state index contributed by atoms with van der Waals surface area (Å²) in [5, 5.41) is 4.93. The predicted molar refractivity (Wildman–Crippen MR) is 263 cm³/mol. The highest BCUT2D eigenvalue weighted by molar-refractivity contribution is 6.15. The molecule has 1 aromatic heterocycles. The van der Waals surface area contributed by atoms with Gasteiger partial charge in [0, 0.05) is 33.2 Å². The largest absolute Gasteiger partial charge is 0.310 e. The van der Waals surface area contributed by atoms with Crippen molar-refractivity contribution in [1.29, 1.82) is 0 Å². The van der Waals surface area contributed by atoms with Crippen LogP contribution in [-0.4, -0.2) is 4.57 Å². The monoisotopic (exact) mass is 790 g/mol. The molecule has 62 heavy (non-hydrogen) atoms. The smallest absolute Gasteiger partial charge is 0.0541 e. The van der Waals surface area contributed by atoms with Gasteiger partial charge in [-0.15, -0.1) is 0 Å². The summed E-state index contributed by atoms with van der Waals surface area (Å²) in [4.78, 5) is 2.45. The van der Waals surface area contributed by atoms with Gasteiger partial charge in [0.1, 0.15) is 0 Å². The van der Waals surface area contributed by atoms with Gasteiger partial charge < -0.3 is 9.47 Å². The van der Waals surface area contributed by atoms with Gasteiger partial charge in [-0.1, -0.05) is 170 Å². The zero-order valence-electron chi connectivity index (χ0n) is 34.2. The molecule has 0 atom stereocenters. The van der Waals surface area contributed by atoms with Crippen LogP contribution < -0.4 is 4.90 Å². The first-order chi connectivity index (χ1) is 30.8. The Hall–Kier alpha value is -7.94.